The number of esters is 1. The van der Waals surface area contributed by atoms with Gasteiger partial charge in [-0.3, -0.25) is 4.79 Å². The summed E-state index contributed by atoms with van der Waals surface area (Å²) in [6.07, 6.45) is 1.04. The number of nitrogens with one attached hydrogen (secondary N) is 1. The molecule has 2 rings (SSSR count). The number of hydrogen-bond donors (Lipinski definition) is 1. The monoisotopic (exact) mass is 377 g/mol. The second-order valence-electron chi connectivity index (χ2n) is 5.60. The SMILES string of the molecule is COc1ccc(C)cc1C(=O)OCC(=O)Nc1ccccc1S(C)(=O)=O. The van der Waals surface area contributed by atoms with Crippen LogP contribution in [0, 0.1) is 6.92 Å². The van der Waals surface area contributed by atoms with E-state index >= 15 is 0 Å². The fourth-order valence-electron chi connectivity index (χ4n) is 2.27. The Bertz CT molecular complexity index is 936. The number of carbonyl (C=O) groups is 2. The third-order valence-electron chi connectivity index (χ3n) is 3.47. The van der Waals surface area contributed by atoms with E-state index < -0.39 is 28.3 Å². The molecule has 26 heavy (non-hydrogen) atoms. The van der Waals surface area contributed by atoms with Crippen LogP contribution < -0.4 is 10.1 Å². The van der Waals surface area contributed by atoms with Crippen LogP contribution in [0.1, 0.15) is 15.9 Å². The first-order chi connectivity index (χ1) is 12.2. The number of ether oxygens (including phenoxy) is 2. The van der Waals surface area contributed by atoms with Crippen molar-refractivity contribution < 1.29 is 27.5 Å². The van der Waals surface area contributed by atoms with Crippen LogP contribution in [0.4, 0.5) is 5.69 Å². The zero-order valence-electron chi connectivity index (χ0n) is 14.6. The molecule has 0 aliphatic carbocycles. The lowest BCUT2D eigenvalue weighted by Gasteiger charge is -2.11. The van der Waals surface area contributed by atoms with Gasteiger partial charge in [0.2, 0.25) is 0 Å². The van der Waals surface area contributed by atoms with Gasteiger partial charge in [-0.2, -0.15) is 0 Å². The molecule has 138 valence electrons. The summed E-state index contributed by atoms with van der Waals surface area (Å²) in [6.45, 7) is 1.25. The Labute approximate surface area is 151 Å². The Hall–Kier alpha value is -2.87. The lowest BCUT2D eigenvalue weighted by atomic mass is 10.1. The molecule has 0 aliphatic heterocycles. The number of hydrogen-bond acceptors (Lipinski definition) is 6. The maximum absolute atomic E-state index is 12.2. The molecule has 0 radical (unpaired) electrons. The van der Waals surface area contributed by atoms with Gasteiger partial charge < -0.3 is 14.8 Å². The quantitative estimate of drug-likeness (QED) is 0.775. The van der Waals surface area contributed by atoms with Crippen LogP contribution in [0.25, 0.3) is 0 Å². The highest BCUT2D eigenvalue weighted by Gasteiger charge is 2.18. The molecule has 8 heteroatoms. The second-order valence-corrected chi connectivity index (χ2v) is 7.58. The first-order valence-corrected chi connectivity index (χ1v) is 9.52. The molecule has 1 N–H and O–H groups in total. The minimum atomic E-state index is -3.51. The van der Waals surface area contributed by atoms with E-state index in [1.54, 1.807) is 30.3 Å². The van der Waals surface area contributed by atoms with E-state index in [4.69, 9.17) is 9.47 Å². The highest BCUT2D eigenvalue weighted by Crippen LogP contribution is 2.22. The van der Waals surface area contributed by atoms with Gasteiger partial charge in [0.25, 0.3) is 5.91 Å². The van der Waals surface area contributed by atoms with Crippen molar-refractivity contribution in [3.8, 4) is 5.75 Å². The van der Waals surface area contributed by atoms with E-state index in [1.807, 2.05) is 6.92 Å². The Morgan fingerprint density at radius 3 is 2.46 bits per heavy atom. The molecule has 0 saturated heterocycles. The number of benzene rings is 2. The summed E-state index contributed by atoms with van der Waals surface area (Å²) >= 11 is 0. The normalized spacial score (nSPS) is 10.9. The smallest absolute Gasteiger partial charge is 0.342 e. The summed E-state index contributed by atoms with van der Waals surface area (Å²) in [5.74, 6) is -1.03. The van der Waals surface area contributed by atoms with E-state index in [2.05, 4.69) is 5.32 Å². The lowest BCUT2D eigenvalue weighted by molar-refractivity contribution is -0.119. The molecular formula is C18H19NO6S. The van der Waals surface area contributed by atoms with Gasteiger partial charge in [0.1, 0.15) is 11.3 Å². The molecule has 2 aromatic carbocycles. The summed E-state index contributed by atoms with van der Waals surface area (Å²) in [5.41, 5.74) is 1.17. The Balaban J connectivity index is 2.07. The molecule has 0 fully saturated rings. The summed E-state index contributed by atoms with van der Waals surface area (Å²) < 4.78 is 33.6. The Kier molecular flexibility index (Phi) is 5.99. The number of para-hydroxylation sites is 1. The van der Waals surface area contributed by atoms with Crippen LogP contribution >= 0.6 is 0 Å². The van der Waals surface area contributed by atoms with Crippen LogP contribution in [0.3, 0.4) is 0 Å². The van der Waals surface area contributed by atoms with Gasteiger partial charge in [-0.25, -0.2) is 13.2 Å². The summed E-state index contributed by atoms with van der Waals surface area (Å²) in [4.78, 5) is 24.2. The largest absolute Gasteiger partial charge is 0.496 e. The number of carbonyl (C=O) groups excluding carboxylic acids is 2. The van der Waals surface area contributed by atoms with Gasteiger partial charge >= 0.3 is 5.97 Å². The highest BCUT2D eigenvalue weighted by atomic mass is 32.2. The van der Waals surface area contributed by atoms with Crippen molar-refractivity contribution >= 4 is 27.4 Å². The molecule has 0 saturated carbocycles. The predicted molar refractivity (Wildman–Crippen MR) is 96.2 cm³/mol. The molecule has 0 aromatic heterocycles. The predicted octanol–water partition coefficient (Wildman–Crippen LogP) is 2.20. The average Bonchev–Trinajstić information content (AvgIpc) is 2.59. The van der Waals surface area contributed by atoms with Crippen molar-refractivity contribution in [2.24, 2.45) is 0 Å². The van der Waals surface area contributed by atoms with Crippen LogP contribution in [0.2, 0.25) is 0 Å². The van der Waals surface area contributed by atoms with E-state index in [1.165, 1.54) is 19.2 Å². The number of methoxy groups -OCH3 is 1. The van der Waals surface area contributed by atoms with Crippen molar-refractivity contribution in [2.75, 3.05) is 25.3 Å². The molecule has 7 nitrogen and oxygen atoms in total. The third kappa shape index (κ3) is 4.82. The second kappa shape index (κ2) is 8.01. The zero-order valence-corrected chi connectivity index (χ0v) is 15.4. The van der Waals surface area contributed by atoms with Gasteiger partial charge in [0, 0.05) is 6.26 Å². The standard InChI is InChI=1S/C18H19NO6S/c1-12-8-9-15(24-2)13(10-12)18(21)25-11-17(20)19-14-6-4-5-7-16(14)26(3,22)23/h4-10H,11H2,1-3H3,(H,19,20). The first-order valence-electron chi connectivity index (χ1n) is 7.63. The van der Waals surface area contributed by atoms with Crippen LogP contribution in [-0.4, -0.2) is 40.3 Å². The van der Waals surface area contributed by atoms with Crippen molar-refractivity contribution in [3.05, 3.63) is 53.6 Å². The van der Waals surface area contributed by atoms with Crippen molar-refractivity contribution in [2.45, 2.75) is 11.8 Å². The fourth-order valence-corrected chi connectivity index (χ4v) is 3.11. The third-order valence-corrected chi connectivity index (χ3v) is 4.62. The summed E-state index contributed by atoms with van der Waals surface area (Å²) in [6, 6.07) is 11.0. The van der Waals surface area contributed by atoms with Gasteiger partial charge in [0.15, 0.2) is 16.4 Å². The van der Waals surface area contributed by atoms with Crippen molar-refractivity contribution in [1.82, 2.24) is 0 Å². The van der Waals surface area contributed by atoms with Crippen LogP contribution in [-0.2, 0) is 19.4 Å². The summed E-state index contributed by atoms with van der Waals surface area (Å²) in [5, 5.41) is 2.44. The Morgan fingerprint density at radius 2 is 1.81 bits per heavy atom. The van der Waals surface area contributed by atoms with Crippen LogP contribution in [0.5, 0.6) is 5.75 Å². The molecule has 0 heterocycles. The maximum Gasteiger partial charge on any atom is 0.342 e. The van der Waals surface area contributed by atoms with E-state index in [0.717, 1.165) is 11.8 Å². The highest BCUT2D eigenvalue weighted by molar-refractivity contribution is 7.90. The van der Waals surface area contributed by atoms with Crippen molar-refractivity contribution in [1.29, 1.82) is 0 Å². The Morgan fingerprint density at radius 1 is 1.12 bits per heavy atom. The number of rotatable bonds is 6. The van der Waals surface area contributed by atoms with Crippen LogP contribution in [0.15, 0.2) is 47.4 Å². The van der Waals surface area contributed by atoms with Gasteiger partial charge in [-0.1, -0.05) is 23.8 Å². The van der Waals surface area contributed by atoms with E-state index in [0.29, 0.717) is 5.75 Å². The minimum Gasteiger partial charge on any atom is -0.496 e. The van der Waals surface area contributed by atoms with Gasteiger partial charge in [-0.05, 0) is 31.2 Å². The maximum atomic E-state index is 12.2. The molecule has 0 unspecified atom stereocenters. The molecule has 0 bridgehead atoms. The number of aryl methyl sites for hydroxylation is 1. The van der Waals surface area contributed by atoms with Crippen molar-refractivity contribution in [3.63, 3.8) is 0 Å². The van der Waals surface area contributed by atoms with Gasteiger partial charge in [0.05, 0.1) is 17.7 Å². The van der Waals surface area contributed by atoms with E-state index in [-0.39, 0.29) is 16.1 Å². The van der Waals surface area contributed by atoms with E-state index in [9.17, 15) is 18.0 Å². The fraction of sp³-hybridized carbons (Fsp3) is 0.222. The number of sulfone groups is 1. The first kappa shape index (κ1) is 19.5. The molecule has 0 atom stereocenters. The number of anilines is 1. The molecule has 2 aromatic rings. The topological polar surface area (TPSA) is 98.8 Å². The lowest BCUT2D eigenvalue weighted by Crippen LogP contribution is -2.22. The summed E-state index contributed by atoms with van der Waals surface area (Å²) in [7, 11) is -2.08. The number of amides is 1. The average molecular weight is 377 g/mol. The molecule has 1 amide bonds. The molecule has 0 spiro atoms. The molecule has 0 aliphatic rings. The molecular weight excluding hydrogens is 358 g/mol. The minimum absolute atomic E-state index is 0.0139. The van der Waals surface area contributed by atoms with Gasteiger partial charge in [-0.15, -0.1) is 0 Å². The zero-order chi connectivity index (χ0) is 19.3.